The van der Waals surface area contributed by atoms with Gasteiger partial charge in [-0.15, -0.1) is 0 Å². The van der Waals surface area contributed by atoms with E-state index < -0.39 is 5.60 Å². The number of para-hydroxylation sites is 1. The molecule has 1 saturated heterocycles. The predicted octanol–water partition coefficient (Wildman–Crippen LogP) is 3.48. The Hall–Kier alpha value is -3.48. The predicted molar refractivity (Wildman–Crippen MR) is 120 cm³/mol. The minimum Gasteiger partial charge on any atom is -0.484 e. The van der Waals surface area contributed by atoms with E-state index in [-0.39, 0.29) is 23.5 Å². The summed E-state index contributed by atoms with van der Waals surface area (Å²) in [6, 6.07) is 14.2. The number of likely N-dealkylation sites (tertiary alicyclic amines) is 1. The molecule has 2 aromatic carbocycles. The summed E-state index contributed by atoms with van der Waals surface area (Å²) < 4.78 is 6.19. The molecule has 3 aliphatic heterocycles. The number of Topliss-reactive ketones (excluding diaryl/α,β-unsaturated/α-hetero) is 1. The number of rotatable bonds is 6. The molecule has 1 atom stereocenters. The van der Waals surface area contributed by atoms with E-state index in [0.717, 1.165) is 6.42 Å². The lowest BCUT2D eigenvalue weighted by atomic mass is 9.89. The number of unbranched alkanes of at least 4 members (excludes halogenated alkanes) is 2. The number of imide groups is 1. The highest BCUT2D eigenvalue weighted by molar-refractivity contribution is 6.21. The number of nitrogens with zero attached hydrogens (tertiary/aromatic N) is 2. The van der Waals surface area contributed by atoms with Crippen molar-refractivity contribution in [2.45, 2.75) is 44.1 Å². The van der Waals surface area contributed by atoms with Crippen molar-refractivity contribution in [1.82, 2.24) is 9.80 Å². The number of ether oxygens (including phenoxy) is 1. The van der Waals surface area contributed by atoms with E-state index in [0.29, 0.717) is 74.2 Å². The maximum Gasteiger partial charge on any atom is 0.261 e. The van der Waals surface area contributed by atoms with E-state index >= 15 is 0 Å². The molecule has 0 radical (unpaired) electrons. The first-order valence-electron chi connectivity index (χ1n) is 11.5. The van der Waals surface area contributed by atoms with E-state index in [1.54, 1.807) is 35.2 Å². The summed E-state index contributed by atoms with van der Waals surface area (Å²) in [7, 11) is 0. The second-order valence-corrected chi connectivity index (χ2v) is 9.06. The van der Waals surface area contributed by atoms with E-state index in [4.69, 9.17) is 4.74 Å². The van der Waals surface area contributed by atoms with Crippen LogP contribution in [0.1, 0.15) is 69.6 Å². The first-order valence-corrected chi connectivity index (χ1v) is 11.5. The smallest absolute Gasteiger partial charge is 0.261 e. The zero-order valence-corrected chi connectivity index (χ0v) is 18.4. The molecule has 5 rings (SSSR count). The monoisotopic (exact) mass is 446 g/mol. The highest BCUT2D eigenvalue weighted by atomic mass is 16.5. The van der Waals surface area contributed by atoms with Gasteiger partial charge in [-0.2, -0.15) is 0 Å². The van der Waals surface area contributed by atoms with Crippen molar-refractivity contribution in [3.05, 3.63) is 65.2 Å². The zero-order valence-electron chi connectivity index (χ0n) is 18.4. The SMILES string of the molecule is O=C1CC2(CCN(C(=O)CCCCCN3C(=O)c4ccccc4C3=O)C2)Oc2ccccc21. The molecule has 0 bridgehead atoms. The fraction of sp³-hybridized carbons (Fsp3) is 0.385. The van der Waals surface area contributed by atoms with Crippen LogP contribution in [-0.2, 0) is 4.79 Å². The lowest BCUT2D eigenvalue weighted by Gasteiger charge is -2.34. The summed E-state index contributed by atoms with van der Waals surface area (Å²) in [6.07, 6.45) is 3.46. The van der Waals surface area contributed by atoms with Gasteiger partial charge in [-0.05, 0) is 37.1 Å². The Labute approximate surface area is 192 Å². The largest absolute Gasteiger partial charge is 0.484 e. The van der Waals surface area contributed by atoms with Gasteiger partial charge in [0.15, 0.2) is 5.78 Å². The summed E-state index contributed by atoms with van der Waals surface area (Å²) in [5, 5.41) is 0. The molecule has 33 heavy (non-hydrogen) atoms. The third-order valence-electron chi connectivity index (χ3n) is 6.82. The van der Waals surface area contributed by atoms with Crippen LogP contribution in [0.25, 0.3) is 0 Å². The Morgan fingerprint density at radius 3 is 2.27 bits per heavy atom. The fourth-order valence-corrected chi connectivity index (χ4v) is 5.05. The molecule has 7 heteroatoms. The van der Waals surface area contributed by atoms with Crippen LogP contribution in [0.15, 0.2) is 48.5 Å². The number of fused-ring (bicyclic) bond motifs is 2. The van der Waals surface area contributed by atoms with E-state index in [1.807, 2.05) is 18.2 Å². The van der Waals surface area contributed by atoms with Gasteiger partial charge in [0, 0.05) is 25.9 Å². The average molecular weight is 447 g/mol. The lowest BCUT2D eigenvalue weighted by molar-refractivity contribution is -0.131. The molecule has 0 saturated carbocycles. The van der Waals surface area contributed by atoms with Crippen molar-refractivity contribution in [2.24, 2.45) is 0 Å². The highest BCUT2D eigenvalue weighted by Gasteiger charge is 2.46. The molecular formula is C26H26N2O5. The van der Waals surface area contributed by atoms with Crippen LogP contribution in [0.4, 0.5) is 0 Å². The second-order valence-electron chi connectivity index (χ2n) is 9.06. The third kappa shape index (κ3) is 3.92. The average Bonchev–Trinajstić information content (AvgIpc) is 3.33. The van der Waals surface area contributed by atoms with Gasteiger partial charge in [0.05, 0.1) is 29.7 Å². The minimum absolute atomic E-state index is 0.0579. The Morgan fingerprint density at radius 2 is 1.55 bits per heavy atom. The first-order chi connectivity index (χ1) is 16.0. The summed E-state index contributed by atoms with van der Waals surface area (Å²) in [6.45, 7) is 1.38. The molecule has 3 aliphatic rings. The van der Waals surface area contributed by atoms with Gasteiger partial charge >= 0.3 is 0 Å². The quantitative estimate of drug-likeness (QED) is 0.501. The number of hydrogen-bond donors (Lipinski definition) is 0. The van der Waals surface area contributed by atoms with Gasteiger partial charge in [-0.25, -0.2) is 0 Å². The molecule has 1 spiro atoms. The highest BCUT2D eigenvalue weighted by Crippen LogP contribution is 2.38. The van der Waals surface area contributed by atoms with Gasteiger partial charge in [0.1, 0.15) is 11.4 Å². The standard InChI is InChI=1S/C26H26N2O5/c29-21-16-26(33-22-11-6-5-10-20(21)22)13-15-27(17-26)23(30)12-2-1-7-14-28-24(31)18-8-3-4-9-19(18)25(28)32/h3-6,8-11H,1-2,7,12-17H2. The molecule has 170 valence electrons. The molecule has 1 fully saturated rings. The maximum atomic E-state index is 12.7. The third-order valence-corrected chi connectivity index (χ3v) is 6.82. The van der Waals surface area contributed by atoms with Gasteiger partial charge in [0.2, 0.25) is 5.91 Å². The van der Waals surface area contributed by atoms with E-state index in [1.165, 1.54) is 4.90 Å². The van der Waals surface area contributed by atoms with Crippen LogP contribution < -0.4 is 4.74 Å². The molecular weight excluding hydrogens is 420 g/mol. The van der Waals surface area contributed by atoms with Crippen molar-refractivity contribution < 1.29 is 23.9 Å². The Morgan fingerprint density at radius 1 is 0.879 bits per heavy atom. The van der Waals surface area contributed by atoms with Crippen LogP contribution >= 0.6 is 0 Å². The summed E-state index contributed by atoms with van der Waals surface area (Å²) >= 11 is 0. The number of carbonyl (C=O) groups excluding carboxylic acids is 4. The number of ketones is 1. The molecule has 0 N–H and O–H groups in total. The van der Waals surface area contributed by atoms with Gasteiger partial charge in [-0.3, -0.25) is 24.1 Å². The van der Waals surface area contributed by atoms with Crippen LogP contribution in [0.2, 0.25) is 0 Å². The van der Waals surface area contributed by atoms with Gasteiger partial charge in [-0.1, -0.05) is 30.7 Å². The van der Waals surface area contributed by atoms with Crippen molar-refractivity contribution >= 4 is 23.5 Å². The normalized spacial score (nSPS) is 21.4. The lowest BCUT2D eigenvalue weighted by Crippen LogP contribution is -2.45. The van der Waals surface area contributed by atoms with Crippen molar-refractivity contribution in [3.8, 4) is 5.75 Å². The molecule has 3 heterocycles. The number of hydrogen-bond acceptors (Lipinski definition) is 5. The maximum absolute atomic E-state index is 12.7. The van der Waals surface area contributed by atoms with Crippen LogP contribution in [0, 0.1) is 0 Å². The van der Waals surface area contributed by atoms with Crippen molar-refractivity contribution in [1.29, 1.82) is 0 Å². The topological polar surface area (TPSA) is 84.0 Å². The Kier molecular flexibility index (Phi) is 5.48. The van der Waals surface area contributed by atoms with Crippen molar-refractivity contribution in [3.63, 3.8) is 0 Å². The molecule has 3 amide bonds. The minimum atomic E-state index is -0.618. The van der Waals surface area contributed by atoms with Crippen LogP contribution in [0.5, 0.6) is 5.75 Å². The van der Waals surface area contributed by atoms with Crippen molar-refractivity contribution in [2.75, 3.05) is 19.6 Å². The van der Waals surface area contributed by atoms with E-state index in [9.17, 15) is 19.2 Å². The Balaban J connectivity index is 1.08. The molecule has 7 nitrogen and oxygen atoms in total. The van der Waals surface area contributed by atoms with Crippen LogP contribution in [-0.4, -0.2) is 58.5 Å². The van der Waals surface area contributed by atoms with E-state index in [2.05, 4.69) is 0 Å². The number of benzene rings is 2. The molecule has 1 unspecified atom stereocenters. The summed E-state index contributed by atoms with van der Waals surface area (Å²) in [5.74, 6) is 0.258. The first kappa shape index (κ1) is 21.4. The molecule has 0 aromatic heterocycles. The zero-order chi connectivity index (χ0) is 23.0. The van der Waals surface area contributed by atoms with Crippen LogP contribution in [0.3, 0.4) is 0 Å². The van der Waals surface area contributed by atoms with Gasteiger partial charge in [0.25, 0.3) is 11.8 Å². The van der Waals surface area contributed by atoms with Gasteiger partial charge < -0.3 is 9.64 Å². The number of carbonyl (C=O) groups is 4. The number of amides is 3. The fourth-order valence-electron chi connectivity index (χ4n) is 5.05. The molecule has 0 aliphatic carbocycles. The summed E-state index contributed by atoms with van der Waals surface area (Å²) in [5.41, 5.74) is 0.927. The summed E-state index contributed by atoms with van der Waals surface area (Å²) in [4.78, 5) is 53.2. The Bertz CT molecular complexity index is 1110. The molecule has 2 aromatic rings. The second kappa shape index (κ2) is 8.46.